The predicted molar refractivity (Wildman–Crippen MR) is 54.0 cm³/mol. The van der Waals surface area contributed by atoms with Gasteiger partial charge in [0, 0.05) is 23.9 Å². The van der Waals surface area contributed by atoms with Gasteiger partial charge in [0.25, 0.3) is 0 Å². The van der Waals surface area contributed by atoms with E-state index < -0.39 is 0 Å². The van der Waals surface area contributed by atoms with E-state index in [-0.39, 0.29) is 0 Å². The first-order valence-electron chi connectivity index (χ1n) is 3.99. The molecule has 2 heterocycles. The summed E-state index contributed by atoms with van der Waals surface area (Å²) in [6.45, 7) is 1.00. The molecule has 1 aliphatic heterocycles. The maximum atomic E-state index is 5.83. The number of hydrogen-bond donors (Lipinski definition) is 1. The molecule has 64 valence electrons. The molecule has 0 fully saturated rings. The minimum Gasteiger partial charge on any atom is -0.307 e. The first-order valence-corrected chi connectivity index (χ1v) is 5.18. The predicted octanol–water partition coefficient (Wildman–Crippen LogP) is 2.47. The number of nitrogens with one attached hydrogen (secondary N) is 1. The maximum Gasteiger partial charge on any atom is 0.0931 e. The molecule has 1 nitrogen and oxygen atoms in total. The van der Waals surface area contributed by atoms with Gasteiger partial charge in [-0.25, -0.2) is 0 Å². The lowest BCUT2D eigenvalue weighted by molar-refractivity contribution is 0.670. The van der Waals surface area contributed by atoms with E-state index in [4.69, 9.17) is 11.6 Å². The van der Waals surface area contributed by atoms with E-state index >= 15 is 0 Å². The molecule has 3 heteroatoms. The van der Waals surface area contributed by atoms with Crippen LogP contribution in [0.2, 0.25) is 4.34 Å². The van der Waals surface area contributed by atoms with Crippen LogP contribution in [-0.4, -0.2) is 12.6 Å². The lowest BCUT2D eigenvalue weighted by Gasteiger charge is -2.05. The molecule has 0 spiro atoms. The first-order chi connectivity index (χ1) is 5.84. The number of thiophene rings is 1. The van der Waals surface area contributed by atoms with E-state index in [2.05, 4.69) is 23.5 Å². The van der Waals surface area contributed by atoms with Crippen molar-refractivity contribution in [1.29, 1.82) is 0 Å². The first kappa shape index (κ1) is 8.30. The molecule has 1 aliphatic rings. The lowest BCUT2D eigenvalue weighted by Crippen LogP contribution is -2.23. The summed E-state index contributed by atoms with van der Waals surface area (Å²) in [5.74, 6) is 0. The highest BCUT2D eigenvalue weighted by atomic mass is 35.5. The van der Waals surface area contributed by atoms with E-state index in [1.165, 1.54) is 4.88 Å². The fourth-order valence-corrected chi connectivity index (χ4v) is 2.48. The minimum absolute atomic E-state index is 0.514. The quantitative estimate of drug-likeness (QED) is 0.722. The van der Waals surface area contributed by atoms with Gasteiger partial charge in [0.2, 0.25) is 0 Å². The lowest BCUT2D eigenvalue weighted by atomic mass is 10.2. The van der Waals surface area contributed by atoms with Crippen molar-refractivity contribution in [2.45, 2.75) is 12.5 Å². The Morgan fingerprint density at radius 2 is 2.50 bits per heavy atom. The van der Waals surface area contributed by atoms with Crippen molar-refractivity contribution in [1.82, 2.24) is 5.32 Å². The molecule has 1 atom stereocenters. The molecule has 0 aliphatic carbocycles. The molecule has 1 aromatic rings. The molecule has 0 saturated carbocycles. The Morgan fingerprint density at radius 1 is 1.58 bits per heavy atom. The zero-order valence-electron chi connectivity index (χ0n) is 6.59. The van der Waals surface area contributed by atoms with Gasteiger partial charge in [-0.15, -0.1) is 11.3 Å². The smallest absolute Gasteiger partial charge is 0.0931 e. The summed E-state index contributed by atoms with van der Waals surface area (Å²) in [5.41, 5.74) is 0. The Labute approximate surface area is 81.1 Å². The fraction of sp³-hybridized carbons (Fsp3) is 0.333. The van der Waals surface area contributed by atoms with Crippen molar-refractivity contribution in [2.24, 2.45) is 0 Å². The highest BCUT2D eigenvalue weighted by molar-refractivity contribution is 7.16. The van der Waals surface area contributed by atoms with Crippen molar-refractivity contribution >= 4 is 22.9 Å². The van der Waals surface area contributed by atoms with Gasteiger partial charge in [0.15, 0.2) is 0 Å². The molecule has 0 aromatic carbocycles. The SMILES string of the molecule is Clc1ccc(CC2C=CCN2)s1. The molecular weight excluding hydrogens is 190 g/mol. The third-order valence-corrected chi connectivity index (χ3v) is 3.17. The van der Waals surface area contributed by atoms with Crippen LogP contribution in [-0.2, 0) is 6.42 Å². The summed E-state index contributed by atoms with van der Waals surface area (Å²) in [7, 11) is 0. The van der Waals surface area contributed by atoms with Crippen LogP contribution in [0.5, 0.6) is 0 Å². The van der Waals surface area contributed by atoms with Crippen LogP contribution in [0, 0.1) is 0 Å². The molecule has 1 aromatic heterocycles. The van der Waals surface area contributed by atoms with Crippen LogP contribution in [0.25, 0.3) is 0 Å². The van der Waals surface area contributed by atoms with E-state index in [1.54, 1.807) is 11.3 Å². The van der Waals surface area contributed by atoms with Gasteiger partial charge in [0.05, 0.1) is 4.34 Å². The van der Waals surface area contributed by atoms with Crippen molar-refractivity contribution in [3.8, 4) is 0 Å². The molecule has 2 rings (SSSR count). The van der Waals surface area contributed by atoms with E-state index in [0.29, 0.717) is 6.04 Å². The minimum atomic E-state index is 0.514. The highest BCUT2D eigenvalue weighted by Crippen LogP contribution is 2.22. The van der Waals surface area contributed by atoms with Gasteiger partial charge in [0.1, 0.15) is 0 Å². The third kappa shape index (κ3) is 1.89. The van der Waals surface area contributed by atoms with E-state index in [9.17, 15) is 0 Å². The highest BCUT2D eigenvalue weighted by Gasteiger charge is 2.09. The van der Waals surface area contributed by atoms with Crippen LogP contribution >= 0.6 is 22.9 Å². The van der Waals surface area contributed by atoms with Crippen molar-refractivity contribution in [3.05, 3.63) is 33.5 Å². The normalized spacial score (nSPS) is 21.9. The summed E-state index contributed by atoms with van der Waals surface area (Å²) in [6, 6.07) is 4.57. The topological polar surface area (TPSA) is 12.0 Å². The summed E-state index contributed by atoms with van der Waals surface area (Å²) in [6.07, 6.45) is 5.45. The summed E-state index contributed by atoms with van der Waals surface area (Å²) in [5, 5.41) is 3.37. The van der Waals surface area contributed by atoms with Gasteiger partial charge in [-0.3, -0.25) is 0 Å². The number of hydrogen-bond acceptors (Lipinski definition) is 2. The van der Waals surface area contributed by atoms with E-state index in [0.717, 1.165) is 17.3 Å². The largest absolute Gasteiger partial charge is 0.307 e. The Bertz CT molecular complexity index is 292. The van der Waals surface area contributed by atoms with Crippen LogP contribution in [0.1, 0.15) is 4.88 Å². The number of halogens is 1. The van der Waals surface area contributed by atoms with Crippen molar-refractivity contribution in [2.75, 3.05) is 6.54 Å². The van der Waals surface area contributed by atoms with Crippen LogP contribution in [0.3, 0.4) is 0 Å². The summed E-state index contributed by atoms with van der Waals surface area (Å²) in [4.78, 5) is 1.35. The Balaban J connectivity index is 1.98. The van der Waals surface area contributed by atoms with Gasteiger partial charge in [-0.1, -0.05) is 23.8 Å². The average molecular weight is 200 g/mol. The fourth-order valence-electron chi connectivity index (χ4n) is 1.34. The Morgan fingerprint density at radius 3 is 3.08 bits per heavy atom. The number of rotatable bonds is 2. The third-order valence-electron chi connectivity index (χ3n) is 1.92. The standard InChI is InChI=1S/C9H10ClNS/c10-9-4-3-8(12-9)6-7-2-1-5-11-7/h1-4,7,11H,5-6H2. The molecule has 12 heavy (non-hydrogen) atoms. The Kier molecular flexibility index (Phi) is 2.49. The second-order valence-corrected chi connectivity index (χ2v) is 4.65. The zero-order valence-corrected chi connectivity index (χ0v) is 8.16. The second kappa shape index (κ2) is 3.60. The molecule has 0 bridgehead atoms. The van der Waals surface area contributed by atoms with E-state index in [1.807, 2.05) is 6.07 Å². The maximum absolute atomic E-state index is 5.83. The molecule has 0 saturated heterocycles. The Hall–Kier alpha value is -0.310. The van der Waals surface area contributed by atoms with Crippen LogP contribution in [0.4, 0.5) is 0 Å². The average Bonchev–Trinajstić information content (AvgIpc) is 2.63. The van der Waals surface area contributed by atoms with Gasteiger partial charge >= 0.3 is 0 Å². The molecule has 1 N–H and O–H groups in total. The summed E-state index contributed by atoms with van der Waals surface area (Å²) < 4.78 is 0.881. The van der Waals surface area contributed by atoms with Gasteiger partial charge in [-0.05, 0) is 12.1 Å². The van der Waals surface area contributed by atoms with Gasteiger partial charge < -0.3 is 5.32 Å². The zero-order chi connectivity index (χ0) is 8.39. The second-order valence-electron chi connectivity index (χ2n) is 2.85. The monoisotopic (exact) mass is 199 g/mol. The van der Waals surface area contributed by atoms with Crippen molar-refractivity contribution < 1.29 is 0 Å². The molecule has 0 amide bonds. The summed E-state index contributed by atoms with van der Waals surface area (Å²) >= 11 is 7.49. The molecule has 0 radical (unpaired) electrons. The van der Waals surface area contributed by atoms with Crippen molar-refractivity contribution in [3.63, 3.8) is 0 Å². The molecule has 1 unspecified atom stereocenters. The van der Waals surface area contributed by atoms with Gasteiger partial charge in [-0.2, -0.15) is 0 Å². The van der Waals surface area contributed by atoms with Crippen LogP contribution in [0.15, 0.2) is 24.3 Å². The molecular formula is C9H10ClNS. The van der Waals surface area contributed by atoms with Crippen LogP contribution < -0.4 is 5.32 Å².